The average Bonchev–Trinajstić information content (AvgIpc) is 2.93. The van der Waals surface area contributed by atoms with Gasteiger partial charge < -0.3 is 11.1 Å². The van der Waals surface area contributed by atoms with Gasteiger partial charge in [-0.25, -0.2) is 4.98 Å². The minimum absolute atomic E-state index is 0.172. The first kappa shape index (κ1) is 9.27. The molecule has 1 aliphatic rings. The third-order valence-corrected chi connectivity index (χ3v) is 2.27. The van der Waals surface area contributed by atoms with Gasteiger partial charge in [0.15, 0.2) is 0 Å². The van der Waals surface area contributed by atoms with E-state index < -0.39 is 0 Å². The van der Waals surface area contributed by atoms with Crippen LogP contribution in [0.4, 0.5) is 5.69 Å². The molecule has 1 aliphatic carbocycles. The Morgan fingerprint density at radius 2 is 2.36 bits per heavy atom. The molecule has 74 valence electrons. The van der Waals surface area contributed by atoms with E-state index in [-0.39, 0.29) is 11.1 Å². The van der Waals surface area contributed by atoms with E-state index in [0.717, 1.165) is 12.8 Å². The molecule has 3 N–H and O–H groups in total. The fourth-order valence-electron chi connectivity index (χ4n) is 1.13. The molecule has 0 atom stereocenters. The zero-order chi connectivity index (χ0) is 10.1. The zero-order valence-electron chi connectivity index (χ0n) is 7.46. The Kier molecular flexibility index (Phi) is 2.29. The second-order valence-electron chi connectivity index (χ2n) is 3.34. The number of rotatable bonds is 2. The number of aromatic nitrogens is 1. The highest BCUT2D eigenvalue weighted by Gasteiger charge is 2.24. The molecule has 0 saturated heterocycles. The number of anilines is 1. The highest BCUT2D eigenvalue weighted by atomic mass is 35.5. The zero-order valence-corrected chi connectivity index (χ0v) is 8.21. The third kappa shape index (κ3) is 1.96. The first-order valence-corrected chi connectivity index (χ1v) is 4.76. The van der Waals surface area contributed by atoms with Gasteiger partial charge >= 0.3 is 0 Å². The Bertz CT molecular complexity index is 376. The molecule has 1 amide bonds. The lowest BCUT2D eigenvalue weighted by Gasteiger charge is -2.05. The maximum atomic E-state index is 11.6. The van der Waals surface area contributed by atoms with Gasteiger partial charge in [0.25, 0.3) is 5.91 Å². The normalized spacial score (nSPS) is 15.2. The molecule has 14 heavy (non-hydrogen) atoms. The number of hydrogen-bond acceptors (Lipinski definition) is 3. The number of pyridine rings is 1. The lowest BCUT2D eigenvalue weighted by atomic mass is 10.2. The number of carbonyl (C=O) groups excluding carboxylic acids is 1. The van der Waals surface area contributed by atoms with E-state index in [9.17, 15) is 4.79 Å². The van der Waals surface area contributed by atoms with E-state index >= 15 is 0 Å². The maximum Gasteiger partial charge on any atom is 0.253 e. The van der Waals surface area contributed by atoms with Crippen LogP contribution in [0.25, 0.3) is 0 Å². The van der Waals surface area contributed by atoms with Crippen LogP contribution in [0.15, 0.2) is 12.3 Å². The number of nitrogens with one attached hydrogen (secondary N) is 1. The van der Waals surface area contributed by atoms with Crippen LogP contribution < -0.4 is 11.1 Å². The molecule has 0 spiro atoms. The van der Waals surface area contributed by atoms with Crippen LogP contribution in [0.3, 0.4) is 0 Å². The van der Waals surface area contributed by atoms with Gasteiger partial charge in [0, 0.05) is 6.04 Å². The lowest BCUT2D eigenvalue weighted by molar-refractivity contribution is 0.0952. The predicted molar refractivity (Wildman–Crippen MR) is 54.1 cm³/mol. The summed E-state index contributed by atoms with van der Waals surface area (Å²) in [4.78, 5) is 15.4. The van der Waals surface area contributed by atoms with E-state index in [4.69, 9.17) is 17.3 Å². The van der Waals surface area contributed by atoms with Crippen LogP contribution in [0.5, 0.6) is 0 Å². The summed E-state index contributed by atoms with van der Waals surface area (Å²) in [6, 6.07) is 1.79. The summed E-state index contributed by atoms with van der Waals surface area (Å²) in [6.45, 7) is 0. The number of nitrogens with two attached hydrogens (primary N) is 1. The largest absolute Gasteiger partial charge is 0.397 e. The first-order valence-electron chi connectivity index (χ1n) is 4.38. The fraction of sp³-hybridized carbons (Fsp3) is 0.333. The van der Waals surface area contributed by atoms with E-state index in [2.05, 4.69) is 10.3 Å². The number of halogens is 1. The highest BCUT2D eigenvalue weighted by Crippen LogP contribution is 2.21. The fourth-order valence-corrected chi connectivity index (χ4v) is 1.29. The van der Waals surface area contributed by atoms with Crippen molar-refractivity contribution in [2.45, 2.75) is 18.9 Å². The molecule has 0 radical (unpaired) electrons. The highest BCUT2D eigenvalue weighted by molar-refractivity contribution is 6.29. The van der Waals surface area contributed by atoms with Crippen LogP contribution in [0.2, 0.25) is 5.15 Å². The molecular formula is C9H10ClN3O. The van der Waals surface area contributed by atoms with Gasteiger partial charge in [0.05, 0.1) is 17.4 Å². The van der Waals surface area contributed by atoms with Crippen molar-refractivity contribution in [2.75, 3.05) is 5.73 Å². The summed E-state index contributed by atoms with van der Waals surface area (Å²) in [5.74, 6) is -0.172. The second-order valence-corrected chi connectivity index (χ2v) is 3.73. The quantitative estimate of drug-likeness (QED) is 0.723. The van der Waals surface area contributed by atoms with Gasteiger partial charge in [-0.05, 0) is 18.9 Å². The van der Waals surface area contributed by atoms with E-state index in [0.29, 0.717) is 17.3 Å². The van der Waals surface area contributed by atoms with E-state index in [1.807, 2.05) is 0 Å². The van der Waals surface area contributed by atoms with Crippen molar-refractivity contribution >= 4 is 23.2 Å². The summed E-state index contributed by atoms with van der Waals surface area (Å²) < 4.78 is 0. The molecule has 5 heteroatoms. The van der Waals surface area contributed by atoms with Gasteiger partial charge in [0.1, 0.15) is 5.15 Å². The molecule has 1 saturated carbocycles. The van der Waals surface area contributed by atoms with Crippen molar-refractivity contribution in [3.63, 3.8) is 0 Å². The van der Waals surface area contributed by atoms with Gasteiger partial charge in [-0.15, -0.1) is 0 Å². The average molecular weight is 212 g/mol. The van der Waals surface area contributed by atoms with Gasteiger partial charge in [-0.1, -0.05) is 11.6 Å². The molecule has 1 aromatic heterocycles. The topological polar surface area (TPSA) is 68.0 Å². The summed E-state index contributed by atoms with van der Waals surface area (Å²) in [6.07, 6.45) is 3.49. The molecule has 2 rings (SSSR count). The molecule has 1 heterocycles. The Balaban J connectivity index is 2.20. The molecule has 0 aliphatic heterocycles. The van der Waals surface area contributed by atoms with Crippen molar-refractivity contribution in [3.05, 3.63) is 23.0 Å². The number of hydrogen-bond donors (Lipinski definition) is 2. The molecule has 0 aromatic carbocycles. The Hall–Kier alpha value is -1.29. The predicted octanol–water partition coefficient (Wildman–Crippen LogP) is 1.21. The van der Waals surface area contributed by atoms with Crippen LogP contribution in [-0.4, -0.2) is 16.9 Å². The molecule has 4 nitrogen and oxygen atoms in total. The van der Waals surface area contributed by atoms with Gasteiger partial charge in [-0.2, -0.15) is 0 Å². The maximum absolute atomic E-state index is 11.6. The van der Waals surface area contributed by atoms with Crippen LogP contribution in [0, 0.1) is 0 Å². The molecule has 1 aromatic rings. The van der Waals surface area contributed by atoms with Crippen molar-refractivity contribution < 1.29 is 4.79 Å². The third-order valence-electron chi connectivity index (χ3n) is 2.06. The van der Waals surface area contributed by atoms with E-state index in [1.165, 1.54) is 12.3 Å². The summed E-state index contributed by atoms with van der Waals surface area (Å²) in [5.41, 5.74) is 6.36. The first-order chi connectivity index (χ1) is 6.66. The minimum Gasteiger partial charge on any atom is -0.397 e. The summed E-state index contributed by atoms with van der Waals surface area (Å²) in [5, 5.41) is 3.11. The number of carbonyl (C=O) groups is 1. The molecule has 0 bridgehead atoms. The standard InChI is InChI=1S/C9H10ClN3O/c10-8-3-6(7(11)4-12-8)9(14)13-5-1-2-5/h3-5H,1-2,11H2,(H,13,14). The Labute approximate surface area is 86.5 Å². The Morgan fingerprint density at radius 3 is 3.00 bits per heavy atom. The van der Waals surface area contributed by atoms with Crippen LogP contribution in [0.1, 0.15) is 23.2 Å². The molecule has 1 fully saturated rings. The SMILES string of the molecule is Nc1cnc(Cl)cc1C(=O)NC1CC1. The second kappa shape index (κ2) is 3.46. The summed E-state index contributed by atoms with van der Waals surface area (Å²) in [7, 11) is 0. The lowest BCUT2D eigenvalue weighted by Crippen LogP contribution is -2.26. The monoisotopic (exact) mass is 211 g/mol. The number of nitrogen functional groups attached to an aromatic ring is 1. The summed E-state index contributed by atoms with van der Waals surface area (Å²) >= 11 is 5.67. The van der Waals surface area contributed by atoms with E-state index in [1.54, 1.807) is 0 Å². The van der Waals surface area contributed by atoms with Crippen molar-refractivity contribution in [2.24, 2.45) is 0 Å². The van der Waals surface area contributed by atoms with Crippen molar-refractivity contribution in [1.29, 1.82) is 0 Å². The van der Waals surface area contributed by atoms with Crippen molar-refractivity contribution in [1.82, 2.24) is 10.3 Å². The number of nitrogens with zero attached hydrogens (tertiary/aromatic N) is 1. The van der Waals surface area contributed by atoms with Gasteiger partial charge in [-0.3, -0.25) is 4.79 Å². The minimum atomic E-state index is -0.172. The molecular weight excluding hydrogens is 202 g/mol. The van der Waals surface area contributed by atoms with Crippen LogP contribution in [-0.2, 0) is 0 Å². The smallest absolute Gasteiger partial charge is 0.253 e. The molecule has 0 unspecified atom stereocenters. The number of amides is 1. The van der Waals surface area contributed by atoms with Gasteiger partial charge in [0.2, 0.25) is 0 Å². The van der Waals surface area contributed by atoms with Crippen molar-refractivity contribution in [3.8, 4) is 0 Å². The Morgan fingerprint density at radius 1 is 1.64 bits per heavy atom. The van der Waals surface area contributed by atoms with Crippen LogP contribution >= 0.6 is 11.6 Å².